The van der Waals surface area contributed by atoms with Crippen molar-refractivity contribution < 1.29 is 0 Å². The minimum Gasteiger partial charge on any atom is -0.353 e. The van der Waals surface area contributed by atoms with Crippen LogP contribution in [0.3, 0.4) is 0 Å². The SMILES string of the molecule is CC(C)CN(c1cc(CNC(C)(C)C)c(Cl)cn1)C1CC1. The average molecular weight is 310 g/mol. The van der Waals surface area contributed by atoms with Gasteiger partial charge < -0.3 is 10.2 Å². The van der Waals surface area contributed by atoms with Crippen LogP contribution in [0, 0.1) is 5.92 Å². The highest BCUT2D eigenvalue weighted by Crippen LogP contribution is 2.32. The first-order valence-electron chi connectivity index (χ1n) is 7.92. The highest BCUT2D eigenvalue weighted by atomic mass is 35.5. The number of rotatable bonds is 6. The predicted octanol–water partition coefficient (Wildman–Crippen LogP) is 4.25. The van der Waals surface area contributed by atoms with Gasteiger partial charge in [0.1, 0.15) is 5.82 Å². The lowest BCUT2D eigenvalue weighted by atomic mass is 10.1. The molecular formula is C17H28ClN3. The van der Waals surface area contributed by atoms with E-state index in [1.807, 2.05) is 0 Å². The summed E-state index contributed by atoms with van der Waals surface area (Å²) in [5.74, 6) is 1.71. The second kappa shape index (κ2) is 6.53. The van der Waals surface area contributed by atoms with Crippen LogP contribution >= 0.6 is 11.6 Å². The molecule has 0 bridgehead atoms. The largest absolute Gasteiger partial charge is 0.353 e. The Morgan fingerprint density at radius 1 is 1.38 bits per heavy atom. The van der Waals surface area contributed by atoms with Crippen molar-refractivity contribution in [1.29, 1.82) is 0 Å². The molecular weight excluding hydrogens is 282 g/mol. The van der Waals surface area contributed by atoms with Gasteiger partial charge in [-0.3, -0.25) is 0 Å². The molecule has 1 aromatic heterocycles. The van der Waals surface area contributed by atoms with Crippen LogP contribution in [0.4, 0.5) is 5.82 Å². The van der Waals surface area contributed by atoms with Crippen LogP contribution in [0.5, 0.6) is 0 Å². The van der Waals surface area contributed by atoms with Crippen LogP contribution in [0.15, 0.2) is 12.3 Å². The maximum Gasteiger partial charge on any atom is 0.129 e. The Hall–Kier alpha value is -0.800. The zero-order valence-corrected chi connectivity index (χ0v) is 14.7. The third-order valence-corrected chi connectivity index (χ3v) is 3.91. The van der Waals surface area contributed by atoms with Crippen LogP contribution < -0.4 is 10.2 Å². The summed E-state index contributed by atoms with van der Waals surface area (Å²) in [5.41, 5.74) is 1.21. The van der Waals surface area contributed by atoms with Gasteiger partial charge in [-0.05, 0) is 51.2 Å². The van der Waals surface area contributed by atoms with E-state index < -0.39 is 0 Å². The van der Waals surface area contributed by atoms with Gasteiger partial charge in [-0.1, -0.05) is 25.4 Å². The van der Waals surface area contributed by atoms with Crippen molar-refractivity contribution in [3.8, 4) is 0 Å². The fraction of sp³-hybridized carbons (Fsp3) is 0.706. The molecule has 0 amide bonds. The smallest absolute Gasteiger partial charge is 0.129 e. The van der Waals surface area contributed by atoms with Crippen molar-refractivity contribution in [1.82, 2.24) is 10.3 Å². The molecule has 1 saturated carbocycles. The first-order chi connectivity index (χ1) is 9.76. The van der Waals surface area contributed by atoms with Crippen LogP contribution in [-0.2, 0) is 6.54 Å². The Balaban J connectivity index is 2.16. The number of anilines is 1. The first-order valence-corrected chi connectivity index (χ1v) is 8.30. The van der Waals surface area contributed by atoms with E-state index in [-0.39, 0.29) is 5.54 Å². The molecule has 0 aromatic carbocycles. The van der Waals surface area contributed by atoms with Gasteiger partial charge in [0.2, 0.25) is 0 Å². The summed E-state index contributed by atoms with van der Waals surface area (Å²) in [4.78, 5) is 7.01. The zero-order chi connectivity index (χ0) is 15.6. The molecule has 1 heterocycles. The fourth-order valence-corrected chi connectivity index (χ4v) is 2.50. The Morgan fingerprint density at radius 3 is 2.57 bits per heavy atom. The van der Waals surface area contributed by atoms with Crippen molar-refractivity contribution in [3.63, 3.8) is 0 Å². The molecule has 118 valence electrons. The number of aromatic nitrogens is 1. The second-order valence-electron chi connectivity index (χ2n) is 7.51. The lowest BCUT2D eigenvalue weighted by Gasteiger charge is -2.27. The number of pyridine rings is 1. The Bertz CT molecular complexity index is 475. The molecule has 3 nitrogen and oxygen atoms in total. The third-order valence-electron chi connectivity index (χ3n) is 3.57. The van der Waals surface area contributed by atoms with Crippen LogP contribution in [0.2, 0.25) is 5.02 Å². The summed E-state index contributed by atoms with van der Waals surface area (Å²) in [5, 5.41) is 4.25. The Kier molecular flexibility index (Phi) is 5.15. The molecule has 0 unspecified atom stereocenters. The summed E-state index contributed by atoms with van der Waals surface area (Å²) in [6.07, 6.45) is 4.37. The normalized spacial score (nSPS) is 15.6. The van der Waals surface area contributed by atoms with Gasteiger partial charge in [-0.15, -0.1) is 0 Å². The standard InChI is InChI=1S/C17H28ClN3/c1-12(2)11-21(14-6-7-14)16-8-13(15(18)10-19-16)9-20-17(3,4)5/h8,10,12,14,20H,6-7,9,11H2,1-5H3. The van der Waals surface area contributed by atoms with Gasteiger partial charge in [-0.25, -0.2) is 4.98 Å². The fourth-order valence-electron chi connectivity index (χ4n) is 2.33. The molecule has 1 N–H and O–H groups in total. The van der Waals surface area contributed by atoms with E-state index >= 15 is 0 Å². The third kappa shape index (κ3) is 5.15. The molecule has 1 aliphatic carbocycles. The molecule has 0 radical (unpaired) electrons. The molecule has 0 aliphatic heterocycles. The number of hydrogen-bond acceptors (Lipinski definition) is 3. The van der Waals surface area contributed by atoms with Gasteiger partial charge in [0.05, 0.1) is 5.02 Å². The summed E-state index contributed by atoms with van der Waals surface area (Å²) < 4.78 is 0. The number of halogens is 1. The van der Waals surface area contributed by atoms with E-state index in [1.165, 1.54) is 12.8 Å². The summed E-state index contributed by atoms with van der Waals surface area (Å²) in [7, 11) is 0. The van der Waals surface area contributed by atoms with E-state index in [2.05, 4.69) is 55.9 Å². The summed E-state index contributed by atoms with van der Waals surface area (Å²) in [6, 6.07) is 2.83. The second-order valence-corrected chi connectivity index (χ2v) is 7.92. The maximum atomic E-state index is 6.31. The van der Waals surface area contributed by atoms with Gasteiger partial charge in [0, 0.05) is 30.9 Å². The van der Waals surface area contributed by atoms with E-state index in [1.54, 1.807) is 6.20 Å². The van der Waals surface area contributed by atoms with E-state index in [9.17, 15) is 0 Å². The molecule has 0 spiro atoms. The van der Waals surface area contributed by atoms with E-state index in [0.29, 0.717) is 12.0 Å². The maximum absolute atomic E-state index is 6.31. The molecule has 1 aromatic rings. The Labute approximate surface area is 134 Å². The van der Waals surface area contributed by atoms with Crippen molar-refractivity contribution in [2.45, 2.75) is 65.6 Å². The topological polar surface area (TPSA) is 28.2 Å². The van der Waals surface area contributed by atoms with Gasteiger partial charge in [-0.2, -0.15) is 0 Å². The minimum atomic E-state index is 0.0842. The van der Waals surface area contributed by atoms with Crippen molar-refractivity contribution in [2.75, 3.05) is 11.4 Å². The van der Waals surface area contributed by atoms with E-state index in [4.69, 9.17) is 11.6 Å². The molecule has 4 heteroatoms. The van der Waals surface area contributed by atoms with Crippen LogP contribution in [0.1, 0.15) is 53.0 Å². The molecule has 0 atom stereocenters. The quantitative estimate of drug-likeness (QED) is 0.851. The lowest BCUT2D eigenvalue weighted by molar-refractivity contribution is 0.424. The van der Waals surface area contributed by atoms with Crippen molar-refractivity contribution >= 4 is 17.4 Å². The van der Waals surface area contributed by atoms with E-state index in [0.717, 1.165) is 29.5 Å². The molecule has 21 heavy (non-hydrogen) atoms. The lowest BCUT2D eigenvalue weighted by Crippen LogP contribution is -2.35. The highest BCUT2D eigenvalue weighted by Gasteiger charge is 2.30. The monoisotopic (exact) mass is 309 g/mol. The minimum absolute atomic E-state index is 0.0842. The molecule has 2 rings (SSSR count). The first kappa shape index (κ1) is 16.6. The summed E-state index contributed by atoms with van der Waals surface area (Å²) in [6.45, 7) is 12.8. The molecule has 1 fully saturated rings. The van der Waals surface area contributed by atoms with Gasteiger partial charge >= 0.3 is 0 Å². The molecule has 1 aliphatic rings. The predicted molar refractivity (Wildman–Crippen MR) is 91.0 cm³/mol. The average Bonchev–Trinajstić information content (AvgIpc) is 3.18. The van der Waals surface area contributed by atoms with Crippen molar-refractivity contribution in [2.24, 2.45) is 5.92 Å². The van der Waals surface area contributed by atoms with Crippen LogP contribution in [0.25, 0.3) is 0 Å². The number of nitrogens with one attached hydrogen (secondary N) is 1. The number of nitrogens with zero attached hydrogens (tertiary/aromatic N) is 2. The van der Waals surface area contributed by atoms with Crippen LogP contribution in [-0.4, -0.2) is 23.1 Å². The van der Waals surface area contributed by atoms with Gasteiger partial charge in [0.25, 0.3) is 0 Å². The van der Waals surface area contributed by atoms with Gasteiger partial charge in [0.15, 0.2) is 0 Å². The summed E-state index contributed by atoms with van der Waals surface area (Å²) >= 11 is 6.31. The zero-order valence-electron chi connectivity index (χ0n) is 13.9. The number of hydrogen-bond donors (Lipinski definition) is 1. The highest BCUT2D eigenvalue weighted by molar-refractivity contribution is 6.31. The van der Waals surface area contributed by atoms with Crippen molar-refractivity contribution in [3.05, 3.63) is 22.8 Å². The molecule has 0 saturated heterocycles. The Morgan fingerprint density at radius 2 is 2.05 bits per heavy atom.